The van der Waals surface area contributed by atoms with Gasteiger partial charge in [-0.2, -0.15) is 0 Å². The van der Waals surface area contributed by atoms with Crippen LogP contribution in [-0.4, -0.2) is 20.0 Å². The summed E-state index contributed by atoms with van der Waals surface area (Å²) in [6.45, 7) is 6.95. The molecule has 0 amide bonds. The molecule has 2 N–H and O–H groups in total. The van der Waals surface area contributed by atoms with E-state index in [1.165, 1.54) is 0 Å². The smallest absolute Gasteiger partial charge is 0.238 e. The predicted octanol–water partition coefficient (Wildman–Crippen LogP) is 2.86. The molecule has 2 atom stereocenters. The fourth-order valence-corrected chi connectivity index (χ4v) is 3.82. The summed E-state index contributed by atoms with van der Waals surface area (Å²) < 4.78 is 28.6. The highest BCUT2D eigenvalue weighted by Gasteiger charge is 2.58. The molecule has 1 saturated carbocycles. The molecule has 0 aliphatic heterocycles. The van der Waals surface area contributed by atoms with Crippen molar-refractivity contribution in [2.75, 3.05) is 6.61 Å². The molecule has 1 heterocycles. The number of ether oxygens (including phenoxy) is 1. The lowest BCUT2D eigenvalue weighted by Crippen LogP contribution is -2.11. The van der Waals surface area contributed by atoms with E-state index < -0.39 is 10.0 Å². The Labute approximate surface area is 142 Å². The lowest BCUT2D eigenvalue weighted by Gasteiger charge is -2.06. The Morgan fingerprint density at radius 1 is 1.17 bits per heavy atom. The molecule has 0 saturated heterocycles. The van der Waals surface area contributed by atoms with Crippen molar-refractivity contribution in [2.24, 2.45) is 16.5 Å². The van der Waals surface area contributed by atoms with E-state index in [0.717, 1.165) is 17.0 Å². The van der Waals surface area contributed by atoms with Crippen LogP contribution in [-0.2, 0) is 10.0 Å². The third kappa shape index (κ3) is 3.30. The minimum Gasteiger partial charge on any atom is -0.492 e. The van der Waals surface area contributed by atoms with E-state index in [2.05, 4.69) is 18.8 Å². The predicted molar refractivity (Wildman–Crippen MR) is 92.3 cm³/mol. The van der Waals surface area contributed by atoms with Crippen molar-refractivity contribution in [1.29, 1.82) is 0 Å². The van der Waals surface area contributed by atoms with Crippen LogP contribution in [0.1, 0.15) is 31.0 Å². The maximum absolute atomic E-state index is 11.4. The summed E-state index contributed by atoms with van der Waals surface area (Å²) in [5.74, 6) is 1.48. The molecule has 2 aromatic rings. The van der Waals surface area contributed by atoms with E-state index in [1.807, 2.05) is 31.2 Å². The van der Waals surface area contributed by atoms with Crippen molar-refractivity contribution >= 4 is 10.0 Å². The summed E-state index contributed by atoms with van der Waals surface area (Å²) in [7, 11) is -3.65. The number of primary sulfonamides is 1. The zero-order valence-electron chi connectivity index (χ0n) is 14.1. The Morgan fingerprint density at radius 3 is 2.38 bits per heavy atom. The fraction of sp³-hybridized carbons (Fsp3) is 0.389. The molecular weight excluding hydrogens is 324 g/mol. The number of hydrogen-bond acceptors (Lipinski definition) is 4. The molecule has 6 heteroatoms. The van der Waals surface area contributed by atoms with Crippen molar-refractivity contribution in [1.82, 2.24) is 4.98 Å². The second-order valence-electron chi connectivity index (χ2n) is 6.97. The van der Waals surface area contributed by atoms with E-state index in [0.29, 0.717) is 18.4 Å². The van der Waals surface area contributed by atoms with Crippen LogP contribution in [0.3, 0.4) is 0 Å². The quantitative estimate of drug-likeness (QED) is 0.902. The summed E-state index contributed by atoms with van der Waals surface area (Å²) in [5.41, 5.74) is 2.19. The molecular formula is C18H22N2O3S. The number of sulfonamides is 1. The Kier molecular flexibility index (Phi) is 4.13. The number of aryl methyl sites for hydroxylation is 1. The van der Waals surface area contributed by atoms with Gasteiger partial charge in [-0.1, -0.05) is 26.0 Å². The zero-order chi connectivity index (χ0) is 17.5. The van der Waals surface area contributed by atoms with Crippen molar-refractivity contribution in [3.63, 3.8) is 0 Å². The molecule has 1 fully saturated rings. The van der Waals surface area contributed by atoms with Gasteiger partial charge in [-0.25, -0.2) is 13.6 Å². The van der Waals surface area contributed by atoms with Crippen LogP contribution in [0.2, 0.25) is 0 Å². The van der Waals surface area contributed by atoms with Crippen LogP contribution in [0.25, 0.3) is 0 Å². The van der Waals surface area contributed by atoms with E-state index in [4.69, 9.17) is 9.88 Å². The Hall–Kier alpha value is -1.92. The van der Waals surface area contributed by atoms with Gasteiger partial charge in [0.15, 0.2) is 0 Å². The Balaban J connectivity index is 1.69. The number of aromatic nitrogens is 1. The molecule has 0 bridgehead atoms. The van der Waals surface area contributed by atoms with Crippen LogP contribution in [0, 0.1) is 18.3 Å². The molecule has 1 aromatic carbocycles. The molecule has 0 unspecified atom stereocenters. The first-order valence-corrected chi connectivity index (χ1v) is 9.42. The molecule has 0 radical (unpaired) electrons. The monoisotopic (exact) mass is 346 g/mol. The first-order valence-electron chi connectivity index (χ1n) is 7.88. The second kappa shape index (κ2) is 5.86. The van der Waals surface area contributed by atoms with Gasteiger partial charge in [-0.15, -0.1) is 0 Å². The van der Waals surface area contributed by atoms with Gasteiger partial charge in [-0.3, -0.25) is 4.98 Å². The average molecular weight is 346 g/mol. The number of hydrogen-bond donors (Lipinski definition) is 1. The minimum absolute atomic E-state index is 0.112. The number of pyridine rings is 1. The summed E-state index contributed by atoms with van der Waals surface area (Å²) in [5, 5.41) is 5.15. The van der Waals surface area contributed by atoms with Crippen LogP contribution in [0.4, 0.5) is 0 Å². The third-order valence-corrected chi connectivity index (χ3v) is 5.86. The fourth-order valence-electron chi connectivity index (χ4n) is 3.31. The normalized spacial score (nSPS) is 22.2. The molecule has 1 aromatic heterocycles. The first-order chi connectivity index (χ1) is 11.2. The van der Waals surface area contributed by atoms with E-state index in [1.54, 1.807) is 18.3 Å². The van der Waals surface area contributed by atoms with Crippen LogP contribution >= 0.6 is 0 Å². The highest BCUT2D eigenvalue weighted by atomic mass is 32.2. The van der Waals surface area contributed by atoms with Gasteiger partial charge in [0.05, 0.1) is 17.7 Å². The van der Waals surface area contributed by atoms with E-state index in [-0.39, 0.29) is 10.3 Å². The molecule has 1 aliphatic rings. The second-order valence-corrected chi connectivity index (χ2v) is 8.53. The van der Waals surface area contributed by atoms with Crippen LogP contribution in [0.15, 0.2) is 47.5 Å². The number of benzene rings is 1. The summed E-state index contributed by atoms with van der Waals surface area (Å²) >= 11 is 0. The topological polar surface area (TPSA) is 82.3 Å². The van der Waals surface area contributed by atoms with Gasteiger partial charge < -0.3 is 4.74 Å². The Morgan fingerprint density at radius 2 is 1.83 bits per heavy atom. The number of nitrogens with two attached hydrogens (primary N) is 1. The summed E-state index contributed by atoms with van der Waals surface area (Å²) in [6.07, 6.45) is 1.74. The Bertz CT molecular complexity index is 828. The highest BCUT2D eigenvalue weighted by molar-refractivity contribution is 7.89. The van der Waals surface area contributed by atoms with Crippen molar-refractivity contribution in [3.05, 3.63) is 53.9 Å². The van der Waals surface area contributed by atoms with Crippen molar-refractivity contribution < 1.29 is 13.2 Å². The number of rotatable bonds is 5. The minimum atomic E-state index is -3.65. The van der Waals surface area contributed by atoms with Crippen LogP contribution < -0.4 is 9.88 Å². The van der Waals surface area contributed by atoms with Gasteiger partial charge in [0.2, 0.25) is 10.0 Å². The summed E-state index contributed by atoms with van der Waals surface area (Å²) in [4.78, 5) is 4.37. The lowest BCUT2D eigenvalue weighted by molar-refractivity contribution is 0.278. The van der Waals surface area contributed by atoms with Crippen molar-refractivity contribution in [2.45, 2.75) is 31.6 Å². The third-order valence-electron chi connectivity index (χ3n) is 4.93. The van der Waals surface area contributed by atoms with Gasteiger partial charge in [-0.05, 0) is 48.1 Å². The van der Waals surface area contributed by atoms with Gasteiger partial charge in [0, 0.05) is 11.6 Å². The zero-order valence-corrected chi connectivity index (χ0v) is 14.9. The molecule has 1 aliphatic carbocycles. The summed E-state index contributed by atoms with van der Waals surface area (Å²) in [6, 6.07) is 10.7. The largest absolute Gasteiger partial charge is 0.492 e. The molecule has 3 rings (SSSR count). The van der Waals surface area contributed by atoms with Gasteiger partial charge in [0.1, 0.15) is 5.75 Å². The van der Waals surface area contributed by atoms with E-state index in [9.17, 15) is 8.42 Å². The van der Waals surface area contributed by atoms with E-state index >= 15 is 0 Å². The number of nitrogens with zero attached hydrogens (tertiary/aromatic N) is 1. The maximum Gasteiger partial charge on any atom is 0.238 e. The van der Waals surface area contributed by atoms with Crippen molar-refractivity contribution in [3.8, 4) is 5.75 Å². The maximum atomic E-state index is 11.4. The highest BCUT2D eigenvalue weighted by Crippen LogP contribution is 2.64. The molecule has 5 nitrogen and oxygen atoms in total. The first kappa shape index (κ1) is 16.9. The average Bonchev–Trinajstić information content (AvgIpc) is 3.07. The molecule has 128 valence electrons. The molecule has 24 heavy (non-hydrogen) atoms. The molecule has 0 spiro atoms. The SMILES string of the molecule is Cc1ccc(OC[C@@H]2[C@@H](c3ccc(S(N)(=O)=O)cc3)C2(C)C)cn1. The van der Waals surface area contributed by atoms with Crippen LogP contribution in [0.5, 0.6) is 5.75 Å². The standard InChI is InChI=1S/C18H22N2O3S/c1-12-4-7-14(10-20-12)23-11-16-17(18(16,2)3)13-5-8-15(9-6-13)24(19,21)22/h4-10,16-17H,11H2,1-3H3,(H2,19,21,22)/t16-,17-/m1/s1. The lowest BCUT2D eigenvalue weighted by atomic mass is 10.0. The van der Waals surface area contributed by atoms with Gasteiger partial charge >= 0.3 is 0 Å². The van der Waals surface area contributed by atoms with Gasteiger partial charge in [0.25, 0.3) is 0 Å².